The molecule has 0 atom stereocenters. The van der Waals surface area contributed by atoms with Gasteiger partial charge in [0, 0.05) is 12.1 Å². The molecule has 2 rings (SSSR count). The van der Waals surface area contributed by atoms with Crippen molar-refractivity contribution in [2.45, 2.75) is 13.5 Å². The predicted octanol–water partition coefficient (Wildman–Crippen LogP) is 2.93. The van der Waals surface area contributed by atoms with Crippen LogP contribution in [0.5, 0.6) is 5.75 Å². The van der Waals surface area contributed by atoms with Crippen molar-refractivity contribution in [1.82, 2.24) is 5.32 Å². The van der Waals surface area contributed by atoms with Crippen molar-refractivity contribution in [3.05, 3.63) is 65.2 Å². The van der Waals surface area contributed by atoms with Crippen LogP contribution in [0.4, 0.5) is 0 Å². The predicted molar refractivity (Wildman–Crippen MR) is 75.3 cm³/mol. The van der Waals surface area contributed by atoms with Crippen LogP contribution in [0, 0.1) is 6.92 Å². The highest BCUT2D eigenvalue weighted by Gasteiger charge is 2.05. The van der Waals surface area contributed by atoms with Crippen LogP contribution in [0.1, 0.15) is 21.5 Å². The minimum atomic E-state index is -0.0795. The van der Waals surface area contributed by atoms with Crippen LogP contribution in [0.25, 0.3) is 0 Å². The van der Waals surface area contributed by atoms with Gasteiger partial charge >= 0.3 is 0 Å². The summed E-state index contributed by atoms with van der Waals surface area (Å²) >= 11 is 0. The van der Waals surface area contributed by atoms with Gasteiger partial charge in [-0.3, -0.25) is 4.79 Å². The van der Waals surface area contributed by atoms with E-state index in [-0.39, 0.29) is 5.91 Å². The monoisotopic (exact) mass is 255 g/mol. The number of methoxy groups -OCH3 is 1. The second kappa shape index (κ2) is 6.05. The quantitative estimate of drug-likeness (QED) is 0.912. The standard InChI is InChI=1S/C16H17NO2/c1-12-4-3-5-13(10-12)11-17-16(18)14-6-8-15(19-2)9-7-14/h3-10H,11H2,1-2H3,(H,17,18). The van der Waals surface area contributed by atoms with E-state index in [9.17, 15) is 4.79 Å². The molecule has 0 saturated carbocycles. The van der Waals surface area contributed by atoms with Crippen molar-refractivity contribution >= 4 is 5.91 Å². The van der Waals surface area contributed by atoms with Crippen molar-refractivity contribution < 1.29 is 9.53 Å². The maximum absolute atomic E-state index is 12.0. The second-order valence-electron chi connectivity index (χ2n) is 4.40. The number of benzene rings is 2. The molecule has 0 spiro atoms. The molecule has 0 bridgehead atoms. The highest BCUT2D eigenvalue weighted by Crippen LogP contribution is 2.11. The molecule has 0 fully saturated rings. The molecular formula is C16H17NO2. The van der Waals surface area contributed by atoms with Crippen molar-refractivity contribution in [1.29, 1.82) is 0 Å². The van der Waals surface area contributed by atoms with Gasteiger partial charge in [-0.2, -0.15) is 0 Å². The van der Waals surface area contributed by atoms with Gasteiger partial charge in [-0.15, -0.1) is 0 Å². The number of hydrogen-bond acceptors (Lipinski definition) is 2. The summed E-state index contributed by atoms with van der Waals surface area (Å²) in [7, 11) is 1.60. The highest BCUT2D eigenvalue weighted by atomic mass is 16.5. The highest BCUT2D eigenvalue weighted by molar-refractivity contribution is 5.94. The van der Waals surface area contributed by atoms with Crippen molar-refractivity contribution in [3.8, 4) is 5.75 Å². The zero-order chi connectivity index (χ0) is 13.7. The summed E-state index contributed by atoms with van der Waals surface area (Å²) < 4.78 is 5.06. The Morgan fingerprint density at radius 1 is 1.16 bits per heavy atom. The molecule has 0 aromatic heterocycles. The SMILES string of the molecule is COc1ccc(C(=O)NCc2cccc(C)c2)cc1. The summed E-state index contributed by atoms with van der Waals surface area (Å²) in [5.41, 5.74) is 2.92. The lowest BCUT2D eigenvalue weighted by molar-refractivity contribution is 0.0951. The molecule has 98 valence electrons. The van der Waals surface area contributed by atoms with Crippen LogP contribution in [0.3, 0.4) is 0 Å². The van der Waals surface area contributed by atoms with Gasteiger partial charge in [-0.25, -0.2) is 0 Å². The Morgan fingerprint density at radius 3 is 2.53 bits per heavy atom. The van der Waals surface area contributed by atoms with E-state index in [0.29, 0.717) is 12.1 Å². The molecule has 0 aliphatic heterocycles. The Bertz CT molecular complexity index is 561. The molecule has 0 unspecified atom stereocenters. The number of carbonyl (C=O) groups excluding carboxylic acids is 1. The van der Waals surface area contributed by atoms with E-state index in [2.05, 4.69) is 11.4 Å². The molecule has 0 aliphatic rings. The van der Waals surface area contributed by atoms with E-state index in [1.807, 2.05) is 25.1 Å². The summed E-state index contributed by atoms with van der Waals surface area (Å²) in [6.45, 7) is 2.57. The first-order chi connectivity index (χ1) is 9.19. The fraction of sp³-hybridized carbons (Fsp3) is 0.188. The molecule has 2 aromatic carbocycles. The third-order valence-corrected chi connectivity index (χ3v) is 2.89. The van der Waals surface area contributed by atoms with E-state index in [1.165, 1.54) is 5.56 Å². The van der Waals surface area contributed by atoms with Crippen LogP contribution < -0.4 is 10.1 Å². The summed E-state index contributed by atoms with van der Waals surface area (Å²) in [6, 6.07) is 15.2. The first kappa shape index (κ1) is 13.1. The van der Waals surface area contributed by atoms with E-state index >= 15 is 0 Å². The molecule has 3 nitrogen and oxygen atoms in total. The maximum atomic E-state index is 12.0. The Morgan fingerprint density at radius 2 is 1.89 bits per heavy atom. The van der Waals surface area contributed by atoms with E-state index in [4.69, 9.17) is 4.74 Å². The molecule has 0 radical (unpaired) electrons. The summed E-state index contributed by atoms with van der Waals surface area (Å²) in [6.07, 6.45) is 0. The lowest BCUT2D eigenvalue weighted by atomic mass is 10.1. The zero-order valence-electron chi connectivity index (χ0n) is 11.1. The lowest BCUT2D eigenvalue weighted by Crippen LogP contribution is -2.22. The number of hydrogen-bond donors (Lipinski definition) is 1. The summed E-state index contributed by atoms with van der Waals surface area (Å²) in [5.74, 6) is 0.666. The smallest absolute Gasteiger partial charge is 0.251 e. The molecule has 3 heteroatoms. The van der Waals surface area contributed by atoms with Gasteiger partial charge in [-0.05, 0) is 36.8 Å². The Balaban J connectivity index is 1.97. The first-order valence-electron chi connectivity index (χ1n) is 6.17. The van der Waals surface area contributed by atoms with Crippen LogP contribution in [-0.2, 0) is 6.54 Å². The number of carbonyl (C=O) groups is 1. The number of rotatable bonds is 4. The van der Waals surface area contributed by atoms with E-state index in [1.54, 1.807) is 31.4 Å². The minimum Gasteiger partial charge on any atom is -0.497 e. The molecule has 19 heavy (non-hydrogen) atoms. The van der Waals surface area contributed by atoms with E-state index in [0.717, 1.165) is 11.3 Å². The normalized spacial score (nSPS) is 10.0. The van der Waals surface area contributed by atoms with Gasteiger partial charge in [0.1, 0.15) is 5.75 Å². The van der Waals surface area contributed by atoms with Crippen molar-refractivity contribution in [2.75, 3.05) is 7.11 Å². The molecular weight excluding hydrogens is 238 g/mol. The Labute approximate surface area is 113 Å². The number of ether oxygens (including phenoxy) is 1. The topological polar surface area (TPSA) is 38.3 Å². The number of nitrogens with one attached hydrogen (secondary N) is 1. The third-order valence-electron chi connectivity index (χ3n) is 2.89. The van der Waals surface area contributed by atoms with Crippen LogP contribution >= 0.6 is 0 Å². The summed E-state index contributed by atoms with van der Waals surface area (Å²) in [4.78, 5) is 12.0. The number of amides is 1. The van der Waals surface area contributed by atoms with Crippen molar-refractivity contribution in [2.24, 2.45) is 0 Å². The maximum Gasteiger partial charge on any atom is 0.251 e. The fourth-order valence-electron chi connectivity index (χ4n) is 1.85. The average molecular weight is 255 g/mol. The Kier molecular flexibility index (Phi) is 4.18. The largest absolute Gasteiger partial charge is 0.497 e. The van der Waals surface area contributed by atoms with Gasteiger partial charge < -0.3 is 10.1 Å². The molecule has 1 N–H and O–H groups in total. The van der Waals surface area contributed by atoms with Gasteiger partial charge in [0.15, 0.2) is 0 Å². The lowest BCUT2D eigenvalue weighted by Gasteiger charge is -2.07. The first-order valence-corrected chi connectivity index (χ1v) is 6.17. The van der Waals surface area contributed by atoms with Crippen LogP contribution in [0.15, 0.2) is 48.5 Å². The Hall–Kier alpha value is -2.29. The van der Waals surface area contributed by atoms with Gasteiger partial charge in [0.25, 0.3) is 5.91 Å². The number of aryl methyl sites for hydroxylation is 1. The minimum absolute atomic E-state index is 0.0795. The van der Waals surface area contributed by atoms with E-state index < -0.39 is 0 Å². The second-order valence-corrected chi connectivity index (χ2v) is 4.40. The van der Waals surface area contributed by atoms with Crippen molar-refractivity contribution in [3.63, 3.8) is 0 Å². The average Bonchev–Trinajstić information content (AvgIpc) is 2.45. The zero-order valence-corrected chi connectivity index (χ0v) is 11.1. The molecule has 0 saturated heterocycles. The van der Waals surface area contributed by atoms with Gasteiger partial charge in [0.2, 0.25) is 0 Å². The molecule has 1 amide bonds. The fourth-order valence-corrected chi connectivity index (χ4v) is 1.85. The van der Waals surface area contributed by atoms with Gasteiger partial charge in [-0.1, -0.05) is 29.8 Å². The molecule has 2 aromatic rings. The van der Waals surface area contributed by atoms with Crippen LogP contribution in [0.2, 0.25) is 0 Å². The molecule has 0 heterocycles. The van der Waals surface area contributed by atoms with Gasteiger partial charge in [0.05, 0.1) is 7.11 Å². The molecule has 0 aliphatic carbocycles. The van der Waals surface area contributed by atoms with Crippen LogP contribution in [-0.4, -0.2) is 13.0 Å². The summed E-state index contributed by atoms with van der Waals surface area (Å²) in [5, 5.41) is 2.90. The third kappa shape index (κ3) is 3.58.